The molecule has 0 spiro atoms. The highest BCUT2D eigenvalue weighted by Gasteiger charge is 2.33. The maximum absolute atomic E-state index is 13.0. The van der Waals surface area contributed by atoms with E-state index >= 15 is 0 Å². The molecule has 0 amide bonds. The molecule has 0 saturated carbocycles. The van der Waals surface area contributed by atoms with Crippen LogP contribution in [0.15, 0.2) is 53.1 Å². The molecule has 4 nitrogen and oxygen atoms in total. The molecule has 0 fully saturated rings. The molecule has 1 aromatic heterocycles. The average Bonchev–Trinajstić information content (AvgIpc) is 2.72. The van der Waals surface area contributed by atoms with Gasteiger partial charge in [-0.05, 0) is 36.0 Å². The van der Waals surface area contributed by atoms with Crippen LogP contribution in [0.25, 0.3) is 11.0 Å². The molecule has 0 N–H and O–H groups in total. The third-order valence-corrected chi connectivity index (χ3v) is 6.04. The summed E-state index contributed by atoms with van der Waals surface area (Å²) in [6.07, 6.45) is 0.546. The normalized spacial score (nSPS) is 15.1. The molecule has 0 saturated heterocycles. The van der Waals surface area contributed by atoms with E-state index in [-0.39, 0.29) is 28.4 Å². The summed E-state index contributed by atoms with van der Waals surface area (Å²) < 4.78 is 0. The fourth-order valence-electron chi connectivity index (χ4n) is 3.85. The van der Waals surface area contributed by atoms with Crippen molar-refractivity contribution in [3.05, 3.63) is 80.6 Å². The summed E-state index contributed by atoms with van der Waals surface area (Å²) in [5.74, 6) is -0.553. The van der Waals surface area contributed by atoms with E-state index < -0.39 is 0 Å². The molecule has 4 rings (SSSR count). The highest BCUT2D eigenvalue weighted by molar-refractivity contribution is 6.50. The first-order valence-electron chi connectivity index (χ1n) is 9.82. The molecule has 1 aliphatic carbocycles. The van der Waals surface area contributed by atoms with Crippen LogP contribution in [0.5, 0.6) is 0 Å². The van der Waals surface area contributed by atoms with Crippen LogP contribution >= 0.6 is 23.2 Å². The molecule has 6 heteroatoms. The molecule has 152 valence electrons. The molecular formula is C24H20Cl2N2O2. The van der Waals surface area contributed by atoms with Crippen LogP contribution in [0.2, 0.25) is 5.15 Å². The molecule has 30 heavy (non-hydrogen) atoms. The number of ketones is 2. The van der Waals surface area contributed by atoms with E-state index in [0.717, 1.165) is 22.3 Å². The number of nitrogens with zero attached hydrogens (tertiary/aromatic N) is 2. The first-order valence-corrected chi connectivity index (χ1v) is 10.6. The van der Waals surface area contributed by atoms with E-state index in [9.17, 15) is 9.59 Å². The van der Waals surface area contributed by atoms with Gasteiger partial charge in [0.1, 0.15) is 0 Å². The monoisotopic (exact) mass is 438 g/mol. The Bertz CT molecular complexity index is 1230. The zero-order valence-corrected chi connectivity index (χ0v) is 18.4. The summed E-state index contributed by atoms with van der Waals surface area (Å²) in [5.41, 5.74) is 4.35. The Hall–Kier alpha value is -2.56. The molecule has 3 aromatic rings. The Kier molecular flexibility index (Phi) is 5.48. The fraction of sp³-hybridized carbons (Fsp3) is 0.250. The summed E-state index contributed by atoms with van der Waals surface area (Å²) in [6, 6.07) is 12.6. The second-order valence-electron chi connectivity index (χ2n) is 7.91. The summed E-state index contributed by atoms with van der Waals surface area (Å²) in [7, 11) is 0. The minimum atomic E-state index is -0.297. The number of Topliss-reactive ketones (excluding diaryl/α,β-unsaturated/α-hetero) is 2. The van der Waals surface area contributed by atoms with Crippen LogP contribution in [0.1, 0.15) is 58.7 Å². The van der Waals surface area contributed by atoms with E-state index in [4.69, 9.17) is 23.2 Å². The van der Waals surface area contributed by atoms with E-state index in [2.05, 4.69) is 9.97 Å². The lowest BCUT2D eigenvalue weighted by Crippen LogP contribution is -2.24. The minimum Gasteiger partial charge on any atom is -0.289 e. The van der Waals surface area contributed by atoms with Crippen LogP contribution in [-0.2, 0) is 6.42 Å². The van der Waals surface area contributed by atoms with Gasteiger partial charge in [-0.3, -0.25) is 9.59 Å². The Morgan fingerprint density at radius 3 is 2.20 bits per heavy atom. The first-order chi connectivity index (χ1) is 14.3. The third-order valence-electron chi connectivity index (χ3n) is 5.39. The Morgan fingerprint density at radius 2 is 1.53 bits per heavy atom. The highest BCUT2D eigenvalue weighted by atomic mass is 35.5. The summed E-state index contributed by atoms with van der Waals surface area (Å²) in [6.45, 7) is 5.95. The topological polar surface area (TPSA) is 59.9 Å². The highest BCUT2D eigenvalue weighted by Crippen LogP contribution is 2.34. The van der Waals surface area contributed by atoms with E-state index in [1.165, 1.54) is 0 Å². The van der Waals surface area contributed by atoms with Gasteiger partial charge in [-0.1, -0.05) is 74.3 Å². The van der Waals surface area contributed by atoms with Crippen molar-refractivity contribution in [1.82, 2.24) is 9.97 Å². The Labute approximate surface area is 184 Å². The lowest BCUT2D eigenvalue weighted by Gasteiger charge is -2.22. The lowest BCUT2D eigenvalue weighted by atomic mass is 9.81. The molecular weight excluding hydrogens is 419 g/mol. The van der Waals surface area contributed by atoms with Crippen molar-refractivity contribution in [2.24, 2.45) is 5.92 Å². The Morgan fingerprint density at radius 1 is 0.867 bits per heavy atom. The van der Waals surface area contributed by atoms with Crippen LogP contribution in [0.3, 0.4) is 0 Å². The number of aromatic nitrogens is 2. The molecule has 1 heterocycles. The van der Waals surface area contributed by atoms with Gasteiger partial charge in [-0.2, -0.15) is 0 Å². The van der Waals surface area contributed by atoms with Gasteiger partial charge in [0.25, 0.3) is 0 Å². The van der Waals surface area contributed by atoms with E-state index in [1.807, 2.05) is 39.0 Å². The summed E-state index contributed by atoms with van der Waals surface area (Å²) in [4.78, 5) is 34.8. The molecule has 1 unspecified atom stereocenters. The molecule has 2 aromatic carbocycles. The number of hydrogen-bond donors (Lipinski definition) is 0. The predicted octanol–water partition coefficient (Wildman–Crippen LogP) is 6.16. The van der Waals surface area contributed by atoms with Gasteiger partial charge in [0.05, 0.1) is 21.8 Å². The maximum atomic E-state index is 13.0. The number of carbonyl (C=O) groups excluding carboxylic acids is 2. The number of fused-ring (bicyclic) bond motifs is 2. The van der Waals surface area contributed by atoms with Gasteiger partial charge in [-0.25, -0.2) is 9.97 Å². The first kappa shape index (κ1) is 20.7. The van der Waals surface area contributed by atoms with Gasteiger partial charge >= 0.3 is 0 Å². The van der Waals surface area contributed by atoms with Crippen molar-refractivity contribution < 1.29 is 9.59 Å². The molecule has 0 aliphatic heterocycles. The van der Waals surface area contributed by atoms with Gasteiger partial charge < -0.3 is 0 Å². The lowest BCUT2D eigenvalue weighted by molar-refractivity contribution is 0.0972. The zero-order valence-electron chi connectivity index (χ0n) is 16.9. The molecule has 0 bridgehead atoms. The number of rotatable bonds is 4. The maximum Gasteiger partial charge on any atom is 0.205 e. The SMILES string of the molecule is CC(Cc1ccc2nc(Cl)c(C(C)C)nc2c1)C1=C(Cl)C(=O)c2ccccc2C1=O. The van der Waals surface area contributed by atoms with Crippen LogP contribution in [0.4, 0.5) is 0 Å². The second-order valence-corrected chi connectivity index (χ2v) is 8.65. The van der Waals surface area contributed by atoms with Gasteiger partial charge in [0.15, 0.2) is 10.9 Å². The van der Waals surface area contributed by atoms with Crippen molar-refractivity contribution in [2.75, 3.05) is 0 Å². The largest absolute Gasteiger partial charge is 0.289 e. The zero-order chi connectivity index (χ0) is 21.6. The van der Waals surface area contributed by atoms with Crippen molar-refractivity contribution in [1.29, 1.82) is 0 Å². The van der Waals surface area contributed by atoms with Crippen molar-refractivity contribution in [3.8, 4) is 0 Å². The smallest absolute Gasteiger partial charge is 0.205 e. The predicted molar refractivity (Wildman–Crippen MR) is 119 cm³/mol. The summed E-state index contributed by atoms with van der Waals surface area (Å²) in [5, 5.41) is 0.432. The second kappa shape index (κ2) is 7.93. The quantitative estimate of drug-likeness (QED) is 0.489. The van der Waals surface area contributed by atoms with Crippen molar-refractivity contribution in [2.45, 2.75) is 33.1 Å². The van der Waals surface area contributed by atoms with Crippen molar-refractivity contribution in [3.63, 3.8) is 0 Å². The van der Waals surface area contributed by atoms with Gasteiger partial charge in [0.2, 0.25) is 5.78 Å². The third kappa shape index (κ3) is 3.55. The van der Waals surface area contributed by atoms with E-state index in [1.54, 1.807) is 24.3 Å². The van der Waals surface area contributed by atoms with Crippen molar-refractivity contribution >= 4 is 45.8 Å². The van der Waals surface area contributed by atoms with Gasteiger partial charge in [0, 0.05) is 16.7 Å². The number of hydrogen-bond acceptors (Lipinski definition) is 4. The molecule has 1 aliphatic rings. The van der Waals surface area contributed by atoms with Crippen LogP contribution < -0.4 is 0 Å². The fourth-order valence-corrected chi connectivity index (χ4v) is 4.57. The standard InChI is InChI=1S/C24H20Cl2N2O2/c1-12(2)21-24(26)28-17-9-8-14(11-18(17)27-21)10-13(3)19-20(25)23(30)16-7-5-4-6-15(16)22(19)29/h4-9,11-13H,10H2,1-3H3. The summed E-state index contributed by atoms with van der Waals surface area (Å²) >= 11 is 12.6. The number of allylic oxidation sites excluding steroid dienone is 2. The average molecular weight is 439 g/mol. The number of carbonyl (C=O) groups is 2. The Balaban J connectivity index is 1.68. The number of benzene rings is 2. The van der Waals surface area contributed by atoms with E-state index in [0.29, 0.717) is 28.3 Å². The van der Waals surface area contributed by atoms with Gasteiger partial charge in [-0.15, -0.1) is 0 Å². The molecule has 1 atom stereocenters. The molecule has 0 radical (unpaired) electrons. The number of halogens is 2. The van der Waals surface area contributed by atoms with Crippen LogP contribution in [0, 0.1) is 5.92 Å². The minimum absolute atomic E-state index is 0.0145. The van der Waals surface area contributed by atoms with Crippen LogP contribution in [-0.4, -0.2) is 21.5 Å².